The molecule has 0 spiro atoms. The Morgan fingerprint density at radius 1 is 1.27 bits per heavy atom. The first-order valence-electron chi connectivity index (χ1n) is 7.38. The first-order valence-corrected chi connectivity index (χ1v) is 9.11. The molecular formula is C17H24N2O2S. The summed E-state index contributed by atoms with van der Waals surface area (Å²) in [7, 11) is 1.10. The monoisotopic (exact) mass is 320 g/mol. The molecule has 0 aliphatic heterocycles. The van der Waals surface area contributed by atoms with E-state index in [0.29, 0.717) is 17.9 Å². The quantitative estimate of drug-likeness (QED) is 0.941. The van der Waals surface area contributed by atoms with Gasteiger partial charge >= 0.3 is 0 Å². The van der Waals surface area contributed by atoms with Crippen molar-refractivity contribution in [1.29, 1.82) is 0 Å². The Labute approximate surface area is 134 Å². The summed E-state index contributed by atoms with van der Waals surface area (Å²) in [6, 6.07) is 5.91. The number of amides is 1. The lowest BCUT2D eigenvalue weighted by Gasteiger charge is -2.22. The number of rotatable bonds is 4. The van der Waals surface area contributed by atoms with Crippen LogP contribution in [0.25, 0.3) is 10.9 Å². The summed E-state index contributed by atoms with van der Waals surface area (Å²) in [5, 5.41) is 3.81. The number of hydrogen-bond acceptors (Lipinski definition) is 2. The average molecular weight is 320 g/mol. The lowest BCUT2D eigenvalue weighted by molar-refractivity contribution is 0.0958. The SMILES string of the molecule is Cn1ccc2c(C(=O)NCCS(C)=O)ccc(C(C)(C)C)c21. The zero-order valence-corrected chi connectivity index (χ0v) is 14.7. The van der Waals surface area contributed by atoms with Gasteiger partial charge in [-0.1, -0.05) is 26.8 Å². The zero-order valence-electron chi connectivity index (χ0n) is 13.9. The standard InChI is InChI=1S/C17H24N2O2S/c1-17(2,3)14-7-6-13(12-8-10-19(4)15(12)14)16(20)18-9-11-22(5)21/h6-8,10H,9,11H2,1-5H3,(H,18,20). The Balaban J connectivity index is 2.41. The van der Waals surface area contributed by atoms with Crippen molar-refractivity contribution in [2.24, 2.45) is 7.05 Å². The van der Waals surface area contributed by atoms with Crippen LogP contribution in [0.3, 0.4) is 0 Å². The maximum Gasteiger partial charge on any atom is 0.251 e. The van der Waals surface area contributed by atoms with E-state index in [-0.39, 0.29) is 11.3 Å². The number of hydrogen-bond donors (Lipinski definition) is 1. The maximum atomic E-state index is 12.4. The summed E-state index contributed by atoms with van der Waals surface area (Å²) in [5.74, 6) is 0.367. The largest absolute Gasteiger partial charge is 0.351 e. The molecule has 0 bridgehead atoms. The molecular weight excluding hydrogens is 296 g/mol. The van der Waals surface area contributed by atoms with Gasteiger partial charge in [0, 0.05) is 53.5 Å². The van der Waals surface area contributed by atoms with E-state index >= 15 is 0 Å². The van der Waals surface area contributed by atoms with E-state index in [1.165, 1.54) is 5.56 Å². The summed E-state index contributed by atoms with van der Waals surface area (Å²) in [4.78, 5) is 12.4. The van der Waals surface area contributed by atoms with Crippen molar-refractivity contribution in [3.8, 4) is 0 Å². The van der Waals surface area contributed by atoms with E-state index in [4.69, 9.17) is 0 Å². The second kappa shape index (κ2) is 6.24. The number of carbonyl (C=O) groups is 1. The molecule has 2 rings (SSSR count). The van der Waals surface area contributed by atoms with E-state index in [1.54, 1.807) is 6.26 Å². The summed E-state index contributed by atoms with van der Waals surface area (Å²) in [5.41, 5.74) is 3.00. The lowest BCUT2D eigenvalue weighted by Crippen LogP contribution is -2.28. The highest BCUT2D eigenvalue weighted by Crippen LogP contribution is 2.32. The molecule has 1 amide bonds. The topological polar surface area (TPSA) is 51.1 Å². The number of nitrogens with zero attached hydrogens (tertiary/aromatic N) is 1. The Bertz CT molecular complexity index is 726. The summed E-state index contributed by atoms with van der Waals surface area (Å²) >= 11 is 0. The highest BCUT2D eigenvalue weighted by molar-refractivity contribution is 7.84. The summed E-state index contributed by atoms with van der Waals surface area (Å²) in [6.45, 7) is 6.94. The first-order chi connectivity index (χ1) is 10.2. The Kier molecular flexibility index (Phi) is 4.75. The van der Waals surface area contributed by atoms with Gasteiger partial charge < -0.3 is 9.88 Å². The van der Waals surface area contributed by atoms with Crippen molar-refractivity contribution < 1.29 is 9.00 Å². The van der Waals surface area contributed by atoms with Gasteiger partial charge in [-0.3, -0.25) is 9.00 Å². The highest BCUT2D eigenvalue weighted by atomic mass is 32.2. The fourth-order valence-electron chi connectivity index (χ4n) is 2.62. The molecule has 120 valence electrons. The Hall–Kier alpha value is -1.62. The van der Waals surface area contributed by atoms with Gasteiger partial charge in [-0.15, -0.1) is 0 Å². The highest BCUT2D eigenvalue weighted by Gasteiger charge is 2.21. The summed E-state index contributed by atoms with van der Waals surface area (Å²) in [6.07, 6.45) is 3.62. The van der Waals surface area contributed by atoms with Crippen molar-refractivity contribution in [1.82, 2.24) is 9.88 Å². The number of aromatic nitrogens is 1. The fraction of sp³-hybridized carbons (Fsp3) is 0.471. The van der Waals surface area contributed by atoms with Crippen LogP contribution in [0.2, 0.25) is 0 Å². The average Bonchev–Trinajstić information content (AvgIpc) is 2.78. The molecule has 0 saturated carbocycles. The van der Waals surface area contributed by atoms with Crippen LogP contribution in [0.4, 0.5) is 0 Å². The van der Waals surface area contributed by atoms with Crippen LogP contribution in [-0.4, -0.2) is 33.2 Å². The molecule has 2 aromatic rings. The molecule has 0 radical (unpaired) electrons. The molecule has 1 unspecified atom stereocenters. The van der Waals surface area contributed by atoms with Gasteiger partial charge in [-0.05, 0) is 23.1 Å². The van der Waals surface area contributed by atoms with Gasteiger partial charge in [-0.2, -0.15) is 0 Å². The molecule has 1 heterocycles. The predicted octanol–water partition coefficient (Wildman–Crippen LogP) is 2.58. The maximum absolute atomic E-state index is 12.4. The van der Waals surface area contributed by atoms with Crippen molar-refractivity contribution in [3.05, 3.63) is 35.5 Å². The molecule has 0 fully saturated rings. The van der Waals surface area contributed by atoms with Gasteiger partial charge in [0.2, 0.25) is 0 Å². The Morgan fingerprint density at radius 2 is 1.95 bits per heavy atom. The normalized spacial score (nSPS) is 13.3. The zero-order chi connectivity index (χ0) is 16.5. The molecule has 1 atom stereocenters. The molecule has 5 heteroatoms. The van der Waals surface area contributed by atoms with Crippen molar-refractivity contribution in [2.45, 2.75) is 26.2 Å². The van der Waals surface area contributed by atoms with Crippen LogP contribution >= 0.6 is 0 Å². The smallest absolute Gasteiger partial charge is 0.251 e. The first kappa shape index (κ1) is 16.7. The third-order valence-corrected chi connectivity index (χ3v) is 4.54. The second-order valence-corrected chi connectivity index (χ2v) is 8.19. The van der Waals surface area contributed by atoms with Crippen LogP contribution < -0.4 is 5.32 Å². The van der Waals surface area contributed by atoms with Gasteiger partial charge in [0.15, 0.2) is 0 Å². The predicted molar refractivity (Wildman–Crippen MR) is 92.9 cm³/mol. The van der Waals surface area contributed by atoms with Gasteiger partial charge in [0.25, 0.3) is 5.91 Å². The van der Waals surface area contributed by atoms with E-state index in [0.717, 1.165) is 10.9 Å². The van der Waals surface area contributed by atoms with Crippen LogP contribution in [0.5, 0.6) is 0 Å². The van der Waals surface area contributed by atoms with Crippen molar-refractivity contribution in [2.75, 3.05) is 18.6 Å². The third-order valence-electron chi connectivity index (χ3n) is 3.76. The van der Waals surface area contributed by atoms with Crippen LogP contribution in [-0.2, 0) is 23.3 Å². The van der Waals surface area contributed by atoms with E-state index in [9.17, 15) is 9.00 Å². The number of benzene rings is 1. The molecule has 0 aliphatic carbocycles. The number of aryl methyl sites for hydroxylation is 1. The molecule has 4 nitrogen and oxygen atoms in total. The lowest BCUT2D eigenvalue weighted by atomic mass is 9.85. The molecule has 0 saturated heterocycles. The minimum Gasteiger partial charge on any atom is -0.351 e. The molecule has 1 aromatic heterocycles. The van der Waals surface area contributed by atoms with Crippen molar-refractivity contribution in [3.63, 3.8) is 0 Å². The van der Waals surface area contributed by atoms with Gasteiger partial charge in [0.1, 0.15) is 0 Å². The number of carbonyl (C=O) groups excluding carboxylic acids is 1. The summed E-state index contributed by atoms with van der Waals surface area (Å²) < 4.78 is 13.2. The van der Waals surface area contributed by atoms with Gasteiger partial charge in [0.05, 0.1) is 5.52 Å². The molecule has 1 N–H and O–H groups in total. The number of nitrogens with one attached hydrogen (secondary N) is 1. The number of fused-ring (bicyclic) bond motifs is 1. The van der Waals surface area contributed by atoms with E-state index in [1.807, 2.05) is 31.4 Å². The Morgan fingerprint density at radius 3 is 2.55 bits per heavy atom. The van der Waals surface area contributed by atoms with E-state index < -0.39 is 10.8 Å². The molecule has 0 aliphatic rings. The van der Waals surface area contributed by atoms with Crippen LogP contribution in [0.15, 0.2) is 24.4 Å². The van der Waals surface area contributed by atoms with Gasteiger partial charge in [-0.25, -0.2) is 0 Å². The minimum atomic E-state index is -0.896. The fourth-order valence-corrected chi connectivity index (χ4v) is 3.01. The molecule has 22 heavy (non-hydrogen) atoms. The van der Waals surface area contributed by atoms with E-state index in [2.05, 4.69) is 30.7 Å². The van der Waals surface area contributed by atoms with Crippen LogP contribution in [0, 0.1) is 0 Å². The minimum absolute atomic E-state index is 0.0124. The second-order valence-electron chi connectivity index (χ2n) is 6.63. The van der Waals surface area contributed by atoms with Crippen LogP contribution in [0.1, 0.15) is 36.7 Å². The van der Waals surface area contributed by atoms with Crippen molar-refractivity contribution >= 4 is 27.6 Å². The molecule has 1 aromatic carbocycles. The third kappa shape index (κ3) is 3.40.